The van der Waals surface area contributed by atoms with Crippen LogP contribution in [0, 0.1) is 0 Å². The summed E-state index contributed by atoms with van der Waals surface area (Å²) in [4.78, 5) is 13.9. The molecule has 1 aromatic rings. The Morgan fingerprint density at radius 2 is 1.89 bits per heavy atom. The third-order valence-electron chi connectivity index (χ3n) is 3.57. The first-order valence-corrected chi connectivity index (χ1v) is 6.96. The van der Waals surface area contributed by atoms with Gasteiger partial charge in [-0.3, -0.25) is 4.79 Å². The lowest BCUT2D eigenvalue weighted by Gasteiger charge is -2.26. The minimum absolute atomic E-state index is 0.0181. The van der Waals surface area contributed by atoms with Gasteiger partial charge in [0, 0.05) is 19.2 Å². The van der Waals surface area contributed by atoms with Crippen LogP contribution in [-0.4, -0.2) is 35.1 Å². The number of hydrogen-bond donors (Lipinski definition) is 1. The fourth-order valence-electron chi connectivity index (χ4n) is 2.74. The molecule has 3 heteroatoms. The van der Waals surface area contributed by atoms with Crippen LogP contribution < -0.4 is 0 Å². The predicted molar refractivity (Wildman–Crippen MR) is 76.3 cm³/mol. The molecule has 0 saturated carbocycles. The number of fused-ring (bicyclic) bond motifs is 1. The van der Waals surface area contributed by atoms with Crippen molar-refractivity contribution in [1.82, 2.24) is 4.90 Å². The Kier molecular flexibility index (Phi) is 3.95. The van der Waals surface area contributed by atoms with Crippen molar-refractivity contribution in [3.05, 3.63) is 34.9 Å². The molecule has 0 bridgehead atoms. The van der Waals surface area contributed by atoms with Gasteiger partial charge in [0.25, 0.3) is 5.91 Å². The molecule has 0 aliphatic heterocycles. The minimum Gasteiger partial charge on any atom is -0.389 e. The SMILES string of the molecule is CN(CC(C)(C)O)C(=O)c1ccc2c(c1)CCCC2. The molecule has 19 heavy (non-hydrogen) atoms. The zero-order chi connectivity index (χ0) is 14.0. The Labute approximate surface area is 115 Å². The molecule has 0 atom stereocenters. The first-order chi connectivity index (χ1) is 8.87. The molecule has 0 radical (unpaired) electrons. The van der Waals surface area contributed by atoms with Gasteiger partial charge < -0.3 is 10.0 Å². The van der Waals surface area contributed by atoms with Gasteiger partial charge in [0.1, 0.15) is 0 Å². The van der Waals surface area contributed by atoms with Crippen LogP contribution in [0.1, 0.15) is 48.2 Å². The summed E-state index contributed by atoms with van der Waals surface area (Å²) in [5.41, 5.74) is 2.56. The Hall–Kier alpha value is -1.35. The maximum absolute atomic E-state index is 12.3. The third-order valence-corrected chi connectivity index (χ3v) is 3.57. The molecule has 1 aromatic carbocycles. The number of benzene rings is 1. The molecule has 3 nitrogen and oxygen atoms in total. The summed E-state index contributed by atoms with van der Waals surface area (Å²) in [6, 6.07) is 6.02. The number of aryl methyl sites for hydroxylation is 2. The first-order valence-electron chi connectivity index (χ1n) is 6.96. The predicted octanol–water partition coefficient (Wildman–Crippen LogP) is 2.41. The molecule has 0 spiro atoms. The summed E-state index contributed by atoms with van der Waals surface area (Å²) in [6.07, 6.45) is 4.66. The van der Waals surface area contributed by atoms with Crippen LogP contribution in [0.15, 0.2) is 18.2 Å². The number of aliphatic hydroxyl groups is 1. The number of hydrogen-bond acceptors (Lipinski definition) is 2. The molecule has 1 aliphatic rings. The summed E-state index contributed by atoms with van der Waals surface area (Å²) < 4.78 is 0. The number of rotatable bonds is 3. The van der Waals surface area contributed by atoms with Crippen LogP contribution in [0.25, 0.3) is 0 Å². The van der Waals surface area contributed by atoms with E-state index in [0.29, 0.717) is 6.54 Å². The van der Waals surface area contributed by atoms with E-state index in [9.17, 15) is 9.90 Å². The highest BCUT2D eigenvalue weighted by Gasteiger charge is 2.21. The summed E-state index contributed by atoms with van der Waals surface area (Å²) in [7, 11) is 1.74. The first kappa shape index (κ1) is 14.1. The Morgan fingerprint density at radius 3 is 2.53 bits per heavy atom. The average molecular weight is 261 g/mol. The highest BCUT2D eigenvalue weighted by Crippen LogP contribution is 2.22. The topological polar surface area (TPSA) is 40.5 Å². The number of carbonyl (C=O) groups is 1. The summed E-state index contributed by atoms with van der Waals surface area (Å²) in [6.45, 7) is 3.76. The molecule has 0 saturated heterocycles. The normalized spacial score (nSPS) is 14.9. The summed E-state index contributed by atoms with van der Waals surface area (Å²) in [5.74, 6) is -0.0181. The van der Waals surface area contributed by atoms with Gasteiger partial charge in [-0.1, -0.05) is 6.07 Å². The molecular formula is C16H23NO2. The quantitative estimate of drug-likeness (QED) is 0.907. The molecular weight excluding hydrogens is 238 g/mol. The van der Waals surface area contributed by atoms with Crippen molar-refractivity contribution in [2.45, 2.75) is 45.1 Å². The number of nitrogens with zero attached hydrogens (tertiary/aromatic N) is 1. The highest BCUT2D eigenvalue weighted by atomic mass is 16.3. The third kappa shape index (κ3) is 3.57. The van der Waals surface area contributed by atoms with Crippen molar-refractivity contribution in [3.8, 4) is 0 Å². The molecule has 2 rings (SSSR count). The van der Waals surface area contributed by atoms with Crippen LogP contribution in [0.5, 0.6) is 0 Å². The molecule has 0 unspecified atom stereocenters. The second-order valence-electron chi connectivity index (χ2n) is 6.16. The Bertz CT molecular complexity index is 474. The van der Waals surface area contributed by atoms with E-state index >= 15 is 0 Å². The van der Waals surface area contributed by atoms with Crippen molar-refractivity contribution >= 4 is 5.91 Å². The molecule has 1 aliphatic carbocycles. The molecule has 104 valence electrons. The van der Waals surface area contributed by atoms with Crippen LogP contribution in [-0.2, 0) is 12.8 Å². The van der Waals surface area contributed by atoms with Crippen LogP contribution >= 0.6 is 0 Å². The van der Waals surface area contributed by atoms with Crippen LogP contribution in [0.4, 0.5) is 0 Å². The van der Waals surface area contributed by atoms with Gasteiger partial charge in [0.05, 0.1) is 5.60 Å². The lowest BCUT2D eigenvalue weighted by atomic mass is 9.90. The molecule has 1 N–H and O–H groups in total. The lowest BCUT2D eigenvalue weighted by Crippen LogP contribution is -2.39. The Morgan fingerprint density at radius 1 is 1.26 bits per heavy atom. The van der Waals surface area contributed by atoms with Crippen LogP contribution in [0.3, 0.4) is 0 Å². The fourth-order valence-corrected chi connectivity index (χ4v) is 2.74. The van der Waals surface area contributed by atoms with Crippen molar-refractivity contribution in [1.29, 1.82) is 0 Å². The second kappa shape index (κ2) is 5.33. The van der Waals surface area contributed by atoms with E-state index in [4.69, 9.17) is 0 Å². The zero-order valence-electron chi connectivity index (χ0n) is 12.1. The molecule has 1 amide bonds. The van der Waals surface area contributed by atoms with Gasteiger partial charge in [0.15, 0.2) is 0 Å². The van der Waals surface area contributed by atoms with Crippen LogP contribution in [0.2, 0.25) is 0 Å². The van der Waals surface area contributed by atoms with Gasteiger partial charge >= 0.3 is 0 Å². The fraction of sp³-hybridized carbons (Fsp3) is 0.562. The molecule has 0 heterocycles. The van der Waals surface area contributed by atoms with Crippen molar-refractivity contribution in [2.24, 2.45) is 0 Å². The Balaban J connectivity index is 2.15. The van der Waals surface area contributed by atoms with Gasteiger partial charge in [-0.15, -0.1) is 0 Å². The van der Waals surface area contributed by atoms with E-state index in [1.807, 2.05) is 12.1 Å². The average Bonchev–Trinajstić information content (AvgIpc) is 2.35. The smallest absolute Gasteiger partial charge is 0.253 e. The monoisotopic (exact) mass is 261 g/mol. The van der Waals surface area contributed by atoms with Gasteiger partial charge in [-0.2, -0.15) is 0 Å². The van der Waals surface area contributed by atoms with Crippen molar-refractivity contribution < 1.29 is 9.90 Å². The van der Waals surface area contributed by atoms with E-state index in [1.165, 1.54) is 24.0 Å². The van der Waals surface area contributed by atoms with Gasteiger partial charge in [0.2, 0.25) is 0 Å². The molecule has 0 aromatic heterocycles. The minimum atomic E-state index is -0.862. The van der Waals surface area contributed by atoms with Crippen molar-refractivity contribution in [3.63, 3.8) is 0 Å². The van der Waals surface area contributed by atoms with E-state index in [1.54, 1.807) is 25.8 Å². The summed E-state index contributed by atoms with van der Waals surface area (Å²) in [5, 5.41) is 9.78. The zero-order valence-corrected chi connectivity index (χ0v) is 12.1. The van der Waals surface area contributed by atoms with E-state index in [2.05, 4.69) is 6.07 Å². The van der Waals surface area contributed by atoms with E-state index in [-0.39, 0.29) is 5.91 Å². The summed E-state index contributed by atoms with van der Waals surface area (Å²) >= 11 is 0. The largest absolute Gasteiger partial charge is 0.389 e. The lowest BCUT2D eigenvalue weighted by molar-refractivity contribution is 0.0368. The number of carbonyl (C=O) groups excluding carboxylic acids is 1. The number of amides is 1. The standard InChI is InChI=1S/C16H23NO2/c1-16(2,19)11-17(3)15(18)14-9-8-12-6-4-5-7-13(12)10-14/h8-10,19H,4-7,11H2,1-3H3. The molecule has 0 fully saturated rings. The maximum Gasteiger partial charge on any atom is 0.253 e. The highest BCUT2D eigenvalue weighted by molar-refractivity contribution is 5.94. The maximum atomic E-state index is 12.3. The van der Waals surface area contributed by atoms with E-state index in [0.717, 1.165) is 18.4 Å². The number of likely N-dealkylation sites (N-methyl/N-ethyl adjacent to an activating group) is 1. The van der Waals surface area contributed by atoms with Crippen molar-refractivity contribution in [2.75, 3.05) is 13.6 Å². The van der Waals surface area contributed by atoms with Gasteiger partial charge in [-0.25, -0.2) is 0 Å². The van der Waals surface area contributed by atoms with E-state index < -0.39 is 5.60 Å². The second-order valence-corrected chi connectivity index (χ2v) is 6.16. The van der Waals surface area contributed by atoms with Gasteiger partial charge in [-0.05, 0) is 62.8 Å².